The van der Waals surface area contributed by atoms with Crippen LogP contribution in [-0.4, -0.2) is 224 Å². The Morgan fingerprint density at radius 1 is 0.296 bits per heavy atom. The number of hydrogen-bond donors (Lipinski definition) is 5. The number of aromatic nitrogens is 14. The molecule has 0 unspecified atom stereocenters. The maximum absolute atomic E-state index is 6.54. The highest BCUT2D eigenvalue weighted by molar-refractivity contribution is 5.88. The molecule has 125 heavy (non-hydrogen) atoms. The molecule has 8 fully saturated rings. The van der Waals surface area contributed by atoms with Gasteiger partial charge >= 0.3 is 0 Å². The molecule has 6 N–H and O–H groups in total. The minimum absolute atomic E-state index is 0.149. The maximum Gasteiger partial charge on any atom is 0.222 e. The minimum atomic E-state index is 0.149. The third kappa shape index (κ3) is 23.1. The zero-order valence-electron chi connectivity index (χ0n) is 72.1. The van der Waals surface area contributed by atoms with Crippen molar-refractivity contribution in [1.29, 1.82) is 0 Å². The van der Waals surface area contributed by atoms with E-state index >= 15 is 0 Å². The van der Waals surface area contributed by atoms with Gasteiger partial charge in [-0.3, -0.25) is 29.9 Å². The Balaban J connectivity index is 0.000000118. The van der Waals surface area contributed by atoms with Crippen LogP contribution in [0.25, 0.3) is 44.1 Å². The van der Waals surface area contributed by atoms with Gasteiger partial charge in [-0.25, -0.2) is 39.9 Å². The molecule has 0 amide bonds. The molecule has 0 spiro atoms. The monoisotopic (exact) mass is 1690 g/mol. The lowest BCUT2D eigenvalue weighted by Crippen LogP contribution is -2.36. The summed E-state index contributed by atoms with van der Waals surface area (Å²) >= 11 is 0. The summed E-state index contributed by atoms with van der Waals surface area (Å²) in [7, 11) is 0. The van der Waals surface area contributed by atoms with Crippen LogP contribution >= 0.6 is 0 Å². The lowest BCUT2D eigenvalue weighted by Gasteiger charge is -2.32. The van der Waals surface area contributed by atoms with Gasteiger partial charge < -0.3 is 84.5 Å². The molecule has 4 aliphatic heterocycles. The summed E-state index contributed by atoms with van der Waals surface area (Å²) < 4.78 is 48.1. The van der Waals surface area contributed by atoms with Crippen LogP contribution in [-0.2, 0) is 18.9 Å². The van der Waals surface area contributed by atoms with E-state index in [-0.39, 0.29) is 24.4 Å². The zero-order chi connectivity index (χ0) is 85.1. The van der Waals surface area contributed by atoms with Crippen LogP contribution < -0.4 is 65.5 Å². The summed E-state index contributed by atoms with van der Waals surface area (Å²) in [5.74, 6) is 4.64. The van der Waals surface area contributed by atoms with E-state index < -0.39 is 0 Å². The summed E-state index contributed by atoms with van der Waals surface area (Å²) in [6.45, 7) is 21.1. The predicted octanol–water partition coefficient (Wildman–Crippen LogP) is 14.3. The van der Waals surface area contributed by atoms with Crippen molar-refractivity contribution in [2.75, 3.05) is 152 Å². The normalized spacial score (nSPS) is 21.7. The first kappa shape index (κ1) is 85.1. The Bertz CT molecular complexity index is 5290. The van der Waals surface area contributed by atoms with Crippen molar-refractivity contribution in [3.8, 4) is 23.0 Å². The fraction of sp³-hybridized carbons (Fsp3) is 0.468. The molecule has 31 heteroatoms. The summed E-state index contributed by atoms with van der Waals surface area (Å²) in [6, 6.07) is 26.9. The summed E-state index contributed by atoms with van der Waals surface area (Å²) in [4.78, 5) is 71.6. The van der Waals surface area contributed by atoms with E-state index in [0.717, 1.165) is 326 Å². The number of pyridine rings is 2. The van der Waals surface area contributed by atoms with E-state index in [9.17, 15) is 0 Å². The van der Waals surface area contributed by atoms with Crippen LogP contribution in [0.3, 0.4) is 0 Å². The molecule has 31 nitrogen and oxygen atoms in total. The molecular formula is C94H115N23O8. The average Bonchev–Trinajstić information content (AvgIpc) is 0.803. The number of aryl methyl sites for hydroxylation is 4. The summed E-state index contributed by atoms with van der Waals surface area (Å²) in [5.41, 5.74) is 24.1. The van der Waals surface area contributed by atoms with Crippen molar-refractivity contribution in [2.24, 2.45) is 0 Å². The molecule has 12 heterocycles. The SMILES string of the molecule is Cc1cc(NC2CCC(Oc3cc(N4CCOCC4)cc4nccnc34)CC2)cc(C)n1.Cc1cc(NC2CCC(Oc3cc(N4CCOCC4)cc4nccnc34)CC2)ccn1.Cc1cnc(NC2CCC(Oc3cc(N4CCOCC4)cc4nccnc34)CC2)nc1.Nc1cnc(NC2CCC(Oc3cc(N4CCOCC4)cc4nccnc34)CC2)nc1. The molecular weight excluding hydrogens is 1580 g/mol. The first-order chi connectivity index (χ1) is 61.4. The molecule has 0 radical (unpaired) electrons. The lowest BCUT2D eigenvalue weighted by atomic mass is 9.92. The van der Waals surface area contributed by atoms with Gasteiger partial charge in [-0.15, -0.1) is 0 Å². The number of nitrogens with one attached hydrogen (secondary N) is 4. The number of nitrogen functional groups attached to an aromatic ring is 1. The van der Waals surface area contributed by atoms with Crippen LogP contribution in [0.1, 0.15) is 125 Å². The van der Waals surface area contributed by atoms with Crippen molar-refractivity contribution in [1.82, 2.24) is 69.8 Å². The van der Waals surface area contributed by atoms with Gasteiger partial charge in [0.25, 0.3) is 0 Å². The van der Waals surface area contributed by atoms with Crippen molar-refractivity contribution >= 4 is 95.8 Å². The fourth-order valence-electron chi connectivity index (χ4n) is 17.8. The van der Waals surface area contributed by atoms with Crippen molar-refractivity contribution in [2.45, 2.75) is 179 Å². The van der Waals surface area contributed by atoms with E-state index in [4.69, 9.17) is 43.6 Å². The number of hydrogen-bond acceptors (Lipinski definition) is 31. The van der Waals surface area contributed by atoms with Gasteiger partial charge in [-0.2, -0.15) is 0 Å². The first-order valence-electron chi connectivity index (χ1n) is 44.6. The zero-order valence-corrected chi connectivity index (χ0v) is 72.1. The molecule has 4 aliphatic carbocycles. The molecule has 8 aromatic heterocycles. The molecule has 12 aromatic rings. The van der Waals surface area contributed by atoms with E-state index in [2.05, 4.69) is 177 Å². The number of nitrogens with two attached hydrogens (primary N) is 1. The number of fused-ring (bicyclic) bond motifs is 4. The topological polar surface area (TPSA) is 341 Å². The molecule has 0 bridgehead atoms. The van der Waals surface area contributed by atoms with Crippen LogP contribution in [0.2, 0.25) is 0 Å². The highest BCUT2D eigenvalue weighted by atomic mass is 16.5. The largest absolute Gasteiger partial charge is 0.488 e. The quantitative estimate of drug-likeness (QED) is 0.0473. The third-order valence-electron chi connectivity index (χ3n) is 24.3. The Morgan fingerprint density at radius 2 is 0.576 bits per heavy atom. The number of benzene rings is 4. The lowest BCUT2D eigenvalue weighted by molar-refractivity contribution is 0.122. The van der Waals surface area contributed by atoms with Crippen LogP contribution in [0.4, 0.5) is 51.7 Å². The molecule has 4 saturated carbocycles. The van der Waals surface area contributed by atoms with Crippen LogP contribution in [0.15, 0.2) is 153 Å². The van der Waals surface area contributed by atoms with E-state index in [1.165, 1.54) is 5.69 Å². The number of morpholine rings is 4. The second kappa shape index (κ2) is 41.6. The van der Waals surface area contributed by atoms with Crippen molar-refractivity contribution in [3.05, 3.63) is 176 Å². The van der Waals surface area contributed by atoms with Gasteiger partial charge in [0, 0.05) is 220 Å². The third-order valence-corrected chi connectivity index (χ3v) is 24.3. The Kier molecular flexibility index (Phi) is 28.3. The molecule has 4 aromatic carbocycles. The Labute approximate surface area is 729 Å². The van der Waals surface area contributed by atoms with E-state index in [0.29, 0.717) is 41.8 Å². The smallest absolute Gasteiger partial charge is 0.222 e. The van der Waals surface area contributed by atoms with E-state index in [1.54, 1.807) is 62.0 Å². The van der Waals surface area contributed by atoms with Gasteiger partial charge in [0.15, 0.2) is 0 Å². The molecule has 20 rings (SSSR count). The minimum Gasteiger partial charge on any atom is -0.488 e. The van der Waals surface area contributed by atoms with Gasteiger partial charge in [0.05, 0.1) is 117 Å². The molecule has 8 aliphatic rings. The second-order valence-corrected chi connectivity index (χ2v) is 33.6. The highest BCUT2D eigenvalue weighted by Crippen LogP contribution is 2.40. The Morgan fingerprint density at radius 3 is 0.888 bits per heavy atom. The number of ether oxygens (including phenoxy) is 8. The van der Waals surface area contributed by atoms with Crippen molar-refractivity contribution in [3.63, 3.8) is 0 Å². The first-order valence-corrected chi connectivity index (χ1v) is 44.6. The predicted molar refractivity (Wildman–Crippen MR) is 487 cm³/mol. The van der Waals surface area contributed by atoms with Gasteiger partial charge in [-0.1, -0.05) is 0 Å². The number of rotatable bonds is 20. The van der Waals surface area contributed by atoms with Gasteiger partial charge in [0.2, 0.25) is 11.9 Å². The maximum atomic E-state index is 6.54. The fourth-order valence-corrected chi connectivity index (χ4v) is 17.8. The average molecular weight is 1700 g/mol. The highest BCUT2D eigenvalue weighted by Gasteiger charge is 2.31. The summed E-state index contributed by atoms with van der Waals surface area (Å²) in [5, 5.41) is 14.2. The van der Waals surface area contributed by atoms with Crippen LogP contribution in [0.5, 0.6) is 23.0 Å². The molecule has 654 valence electrons. The molecule has 4 saturated heterocycles. The van der Waals surface area contributed by atoms with Crippen molar-refractivity contribution < 1.29 is 37.9 Å². The van der Waals surface area contributed by atoms with Gasteiger partial charge in [0.1, 0.15) is 45.1 Å². The van der Waals surface area contributed by atoms with Gasteiger partial charge in [-0.05, 0) is 185 Å². The summed E-state index contributed by atoms with van der Waals surface area (Å²) in [6.07, 6.45) is 39.7. The van der Waals surface area contributed by atoms with E-state index in [1.807, 2.05) is 52.4 Å². The van der Waals surface area contributed by atoms with Crippen LogP contribution in [0, 0.1) is 27.7 Å². The Hall–Kier alpha value is -12.1. The molecule has 0 atom stereocenters. The number of anilines is 9. The number of nitrogens with zero attached hydrogens (tertiary/aromatic N) is 18. The second-order valence-electron chi connectivity index (χ2n) is 33.6. The standard InChI is InChI=1S/C25H31N5O2.C24H29N5O2.C23H28N6O2.C22H27N7O2/c1-17-13-20(14-18(2)28-17)29-19-3-5-22(6-4-19)32-24-16-21(30-9-11-31-12-10-30)15-23-25(24)27-8-7-26-23;1-17-14-19(6-7-25-17)28-18-2-4-21(5-3-18)31-23-16-20(29-10-12-30-13-11-29)15-22-24(23)27-9-8-26-22;1-16-14-26-23(27-15-16)28-17-2-4-19(5-3-17)31-21-13-18(29-8-10-30-11-9-29)12-20-22(21)25-7-6-24-20;23-15-13-26-22(27-14-15)28-16-1-3-18(4-2-16)31-20-12-17(29-7-9-30-10-8-29)11-19-21(20)25-6-5-24-19/h7-8,13-16,19,22H,3-6,9-12H2,1-2H3,(H,28,29);6-9,14-16,18,21H,2-5,10-13H2,1H3,(H,25,28);6-7,12-15,17,19H,2-5,8-11H2,1H3,(H,26,27,28);5-6,11-14,16,18H,1-4,7-10,23H2,(H,26,27,28).